The Morgan fingerprint density at radius 3 is 2.39 bits per heavy atom. The molecule has 0 atom stereocenters. The van der Waals surface area contributed by atoms with Gasteiger partial charge < -0.3 is 25.2 Å². The molecule has 1 amide bonds. The molecule has 1 saturated heterocycles. The highest BCUT2D eigenvalue weighted by Crippen LogP contribution is 2.38. The minimum absolute atomic E-state index is 0. The molecule has 1 heterocycles. The maximum absolute atomic E-state index is 12.7. The summed E-state index contributed by atoms with van der Waals surface area (Å²) in [7, 11) is 7.28. The van der Waals surface area contributed by atoms with Gasteiger partial charge in [0, 0.05) is 47.9 Å². The molecule has 8 heteroatoms. The quantitative estimate of drug-likeness (QED) is 0.297. The number of halogens is 1. The number of aliphatic imine (C=N–C) groups is 1. The Morgan fingerprint density at radius 1 is 1.21 bits per heavy atom. The Balaban J connectivity index is 0.00000392. The fourth-order valence-electron chi connectivity index (χ4n) is 4.34. The van der Waals surface area contributed by atoms with E-state index in [1.807, 2.05) is 14.1 Å². The molecule has 2 N–H and O–H groups in total. The van der Waals surface area contributed by atoms with Gasteiger partial charge in [0.25, 0.3) is 0 Å². The number of ether oxygens (including phenoxy) is 1. The first-order valence-electron chi connectivity index (χ1n) is 10.4. The number of amides is 1. The van der Waals surface area contributed by atoms with E-state index in [1.165, 1.54) is 12.8 Å². The van der Waals surface area contributed by atoms with Crippen LogP contribution in [0.2, 0.25) is 0 Å². The smallest absolute Gasteiger partial charge is 0.230 e. The molecule has 0 radical (unpaired) electrons. The van der Waals surface area contributed by atoms with E-state index in [9.17, 15) is 4.79 Å². The van der Waals surface area contributed by atoms with Crippen LogP contribution < -0.4 is 10.6 Å². The molecular weight excluding hydrogens is 469 g/mol. The van der Waals surface area contributed by atoms with Crippen molar-refractivity contribution in [3.8, 4) is 0 Å². The van der Waals surface area contributed by atoms with Crippen LogP contribution in [0.1, 0.15) is 38.5 Å². The van der Waals surface area contributed by atoms with Crippen molar-refractivity contribution < 1.29 is 9.53 Å². The second-order valence-electron chi connectivity index (χ2n) is 8.27. The molecule has 0 unspecified atom stereocenters. The zero-order chi connectivity index (χ0) is 19.7. The molecule has 0 aromatic heterocycles. The molecule has 2 rings (SSSR count). The van der Waals surface area contributed by atoms with E-state index in [0.717, 1.165) is 64.4 Å². The molecule has 2 aliphatic rings. The van der Waals surface area contributed by atoms with Gasteiger partial charge in [-0.1, -0.05) is 12.8 Å². The first kappa shape index (κ1) is 25.4. The van der Waals surface area contributed by atoms with Crippen LogP contribution in [0.25, 0.3) is 0 Å². The average Bonchev–Trinajstić information content (AvgIpc) is 3.16. The number of rotatable bonds is 8. The lowest BCUT2D eigenvalue weighted by Crippen LogP contribution is -2.50. The first-order valence-corrected chi connectivity index (χ1v) is 10.4. The van der Waals surface area contributed by atoms with Crippen molar-refractivity contribution in [3.63, 3.8) is 0 Å². The van der Waals surface area contributed by atoms with Crippen LogP contribution in [0.15, 0.2) is 4.99 Å². The fraction of sp³-hybridized carbons (Fsp3) is 0.900. The summed E-state index contributed by atoms with van der Waals surface area (Å²) in [6, 6.07) is 0. The number of piperidine rings is 1. The Morgan fingerprint density at radius 2 is 1.86 bits per heavy atom. The predicted octanol–water partition coefficient (Wildman–Crippen LogP) is 1.78. The number of carbonyl (C=O) groups is 1. The van der Waals surface area contributed by atoms with Gasteiger partial charge in [0.1, 0.15) is 0 Å². The second kappa shape index (κ2) is 12.8. The molecule has 7 nitrogen and oxygen atoms in total. The van der Waals surface area contributed by atoms with Gasteiger partial charge >= 0.3 is 0 Å². The molecule has 0 aromatic carbocycles. The topological polar surface area (TPSA) is 69.2 Å². The van der Waals surface area contributed by atoms with E-state index >= 15 is 0 Å². The highest BCUT2D eigenvalue weighted by Gasteiger charge is 2.42. The zero-order valence-corrected chi connectivity index (χ0v) is 20.5. The van der Waals surface area contributed by atoms with E-state index in [-0.39, 0.29) is 35.3 Å². The SMILES string of the molecule is CN=C(NCC1CCN(CCOC)CC1)NCC1(C(=O)N(C)C)CCCC1.I. The number of likely N-dealkylation sites (tertiary alicyclic amines) is 1. The fourth-order valence-corrected chi connectivity index (χ4v) is 4.34. The molecule has 0 spiro atoms. The van der Waals surface area contributed by atoms with Crippen molar-refractivity contribution in [2.75, 3.05) is 67.6 Å². The van der Waals surface area contributed by atoms with Gasteiger partial charge in [-0.2, -0.15) is 0 Å². The Labute approximate surface area is 188 Å². The number of nitrogens with one attached hydrogen (secondary N) is 2. The van der Waals surface area contributed by atoms with Crippen LogP contribution in [0.5, 0.6) is 0 Å². The maximum atomic E-state index is 12.7. The Kier molecular flexibility index (Phi) is 11.7. The summed E-state index contributed by atoms with van der Waals surface area (Å²) in [4.78, 5) is 21.3. The molecule has 0 bridgehead atoms. The zero-order valence-electron chi connectivity index (χ0n) is 18.1. The minimum Gasteiger partial charge on any atom is -0.383 e. The van der Waals surface area contributed by atoms with Crippen LogP contribution in [-0.2, 0) is 9.53 Å². The summed E-state index contributed by atoms with van der Waals surface area (Å²) >= 11 is 0. The molecular formula is C20H40IN5O2. The third-order valence-corrected chi connectivity index (χ3v) is 6.12. The lowest BCUT2D eigenvalue weighted by atomic mass is 9.84. The molecule has 164 valence electrons. The minimum atomic E-state index is -0.270. The van der Waals surface area contributed by atoms with Crippen LogP contribution in [0.3, 0.4) is 0 Å². The lowest BCUT2D eigenvalue weighted by molar-refractivity contribution is -0.138. The summed E-state index contributed by atoms with van der Waals surface area (Å²) in [5.41, 5.74) is -0.270. The third kappa shape index (κ3) is 7.33. The van der Waals surface area contributed by atoms with Crippen molar-refractivity contribution in [1.82, 2.24) is 20.4 Å². The maximum Gasteiger partial charge on any atom is 0.230 e. The van der Waals surface area contributed by atoms with Crippen molar-refractivity contribution >= 4 is 35.8 Å². The average molecular weight is 509 g/mol. The first-order chi connectivity index (χ1) is 13.0. The molecule has 1 aliphatic heterocycles. The number of carbonyl (C=O) groups excluding carboxylic acids is 1. The predicted molar refractivity (Wildman–Crippen MR) is 125 cm³/mol. The number of hydrogen-bond donors (Lipinski definition) is 2. The third-order valence-electron chi connectivity index (χ3n) is 6.12. The summed E-state index contributed by atoms with van der Waals surface area (Å²) in [6.07, 6.45) is 6.61. The van der Waals surface area contributed by atoms with Gasteiger partial charge in [-0.3, -0.25) is 9.79 Å². The van der Waals surface area contributed by atoms with Gasteiger partial charge in [0.2, 0.25) is 5.91 Å². The summed E-state index contributed by atoms with van der Waals surface area (Å²) < 4.78 is 5.17. The summed E-state index contributed by atoms with van der Waals surface area (Å²) in [6.45, 7) is 5.73. The second-order valence-corrected chi connectivity index (χ2v) is 8.27. The van der Waals surface area contributed by atoms with Gasteiger partial charge in [-0.25, -0.2) is 0 Å². The van der Waals surface area contributed by atoms with Crippen molar-refractivity contribution in [1.29, 1.82) is 0 Å². The van der Waals surface area contributed by atoms with Gasteiger partial charge in [-0.05, 0) is 44.7 Å². The highest BCUT2D eigenvalue weighted by molar-refractivity contribution is 14.0. The highest BCUT2D eigenvalue weighted by atomic mass is 127. The summed E-state index contributed by atoms with van der Waals surface area (Å²) in [5, 5.41) is 6.91. The van der Waals surface area contributed by atoms with Crippen molar-refractivity contribution in [3.05, 3.63) is 0 Å². The van der Waals surface area contributed by atoms with Gasteiger partial charge in [0.15, 0.2) is 5.96 Å². The normalized spacial score (nSPS) is 20.5. The van der Waals surface area contributed by atoms with E-state index < -0.39 is 0 Å². The van der Waals surface area contributed by atoms with E-state index in [0.29, 0.717) is 12.5 Å². The summed E-state index contributed by atoms with van der Waals surface area (Å²) in [5.74, 6) is 1.73. The van der Waals surface area contributed by atoms with Gasteiger partial charge in [0.05, 0.1) is 12.0 Å². The molecule has 2 fully saturated rings. The number of guanidine groups is 1. The molecule has 1 aliphatic carbocycles. The lowest BCUT2D eigenvalue weighted by Gasteiger charge is -2.33. The monoisotopic (exact) mass is 509 g/mol. The van der Waals surface area contributed by atoms with Gasteiger partial charge in [-0.15, -0.1) is 24.0 Å². The van der Waals surface area contributed by atoms with Crippen LogP contribution in [-0.4, -0.2) is 89.3 Å². The standard InChI is InChI=1S/C20H39N5O2.HI/c1-21-19(22-15-17-7-11-25(12-8-17)13-14-27-4)23-16-20(9-5-6-10-20)18(26)24(2)3;/h17H,5-16H2,1-4H3,(H2,21,22,23);1H. The number of hydrogen-bond acceptors (Lipinski definition) is 4. The van der Waals surface area contributed by atoms with Crippen molar-refractivity contribution in [2.24, 2.45) is 16.3 Å². The largest absolute Gasteiger partial charge is 0.383 e. The molecule has 1 saturated carbocycles. The van der Waals surface area contributed by atoms with E-state index in [2.05, 4.69) is 20.5 Å². The van der Waals surface area contributed by atoms with Crippen LogP contribution >= 0.6 is 24.0 Å². The number of nitrogens with zero attached hydrogens (tertiary/aromatic N) is 3. The van der Waals surface area contributed by atoms with Crippen molar-refractivity contribution in [2.45, 2.75) is 38.5 Å². The van der Waals surface area contributed by atoms with E-state index in [1.54, 1.807) is 19.1 Å². The van der Waals surface area contributed by atoms with E-state index in [4.69, 9.17) is 4.74 Å². The Hall–Kier alpha value is -0.610. The van der Waals surface area contributed by atoms with Crippen LogP contribution in [0.4, 0.5) is 0 Å². The number of methoxy groups -OCH3 is 1. The van der Waals surface area contributed by atoms with Crippen LogP contribution in [0, 0.1) is 11.3 Å². The molecule has 0 aromatic rings. The Bertz CT molecular complexity index is 487. The molecule has 28 heavy (non-hydrogen) atoms.